The van der Waals surface area contributed by atoms with Crippen molar-refractivity contribution in [1.82, 2.24) is 19.7 Å². The van der Waals surface area contributed by atoms with Crippen molar-refractivity contribution in [3.05, 3.63) is 47.0 Å². The number of para-hydroxylation sites is 1. The summed E-state index contributed by atoms with van der Waals surface area (Å²) in [6, 6.07) is 9.98. The molecule has 0 atom stereocenters. The second-order valence-corrected chi connectivity index (χ2v) is 4.97. The summed E-state index contributed by atoms with van der Waals surface area (Å²) in [6.45, 7) is 0.609. The molecule has 0 amide bonds. The summed E-state index contributed by atoms with van der Waals surface area (Å²) in [7, 11) is 0. The molecule has 6 heteroatoms. The zero-order chi connectivity index (χ0) is 13.1. The quantitative estimate of drug-likeness (QED) is 0.786. The van der Waals surface area contributed by atoms with Gasteiger partial charge < -0.3 is 5.73 Å². The molecule has 2 aromatic heterocycles. The van der Waals surface area contributed by atoms with Gasteiger partial charge in [0.2, 0.25) is 0 Å². The maximum absolute atomic E-state index is 5.54. The molecule has 0 saturated heterocycles. The van der Waals surface area contributed by atoms with Gasteiger partial charge in [-0.2, -0.15) is 0 Å². The predicted molar refractivity (Wildman–Crippen MR) is 75.2 cm³/mol. The van der Waals surface area contributed by atoms with Crippen LogP contribution in [0.15, 0.2) is 42.0 Å². The lowest BCUT2D eigenvalue weighted by Crippen LogP contribution is -2.02. The Balaban J connectivity index is 1.99. The van der Waals surface area contributed by atoms with Gasteiger partial charge in [-0.1, -0.05) is 18.2 Å². The van der Waals surface area contributed by atoms with E-state index in [2.05, 4.69) is 15.2 Å². The molecule has 0 spiro atoms. The standard InChI is InChI=1S/C13H13N5S/c14-7-6-12-16-11(8-19-12)13-17-15-9-18(13)10-4-2-1-3-5-10/h1-5,8-9H,6-7,14H2. The molecule has 5 nitrogen and oxygen atoms in total. The third kappa shape index (κ3) is 2.40. The Kier molecular flexibility index (Phi) is 3.35. The lowest BCUT2D eigenvalue weighted by atomic mass is 10.3. The summed E-state index contributed by atoms with van der Waals surface area (Å²) in [4.78, 5) is 4.54. The molecule has 0 saturated carbocycles. The number of nitrogens with zero attached hydrogens (tertiary/aromatic N) is 4. The first-order valence-electron chi connectivity index (χ1n) is 5.99. The zero-order valence-electron chi connectivity index (χ0n) is 10.2. The molecule has 0 aliphatic rings. The van der Waals surface area contributed by atoms with E-state index in [1.54, 1.807) is 17.7 Å². The smallest absolute Gasteiger partial charge is 0.187 e. The molecule has 0 fully saturated rings. The van der Waals surface area contributed by atoms with Crippen LogP contribution in [0, 0.1) is 0 Å². The summed E-state index contributed by atoms with van der Waals surface area (Å²) >= 11 is 1.60. The molecule has 0 aliphatic heterocycles. The second kappa shape index (κ2) is 5.29. The van der Waals surface area contributed by atoms with Crippen molar-refractivity contribution in [3.63, 3.8) is 0 Å². The minimum atomic E-state index is 0.609. The molecule has 3 rings (SSSR count). The van der Waals surface area contributed by atoms with Crippen molar-refractivity contribution in [3.8, 4) is 17.2 Å². The Labute approximate surface area is 114 Å². The molecular weight excluding hydrogens is 258 g/mol. The Morgan fingerprint density at radius 2 is 2.05 bits per heavy atom. The van der Waals surface area contributed by atoms with Crippen LogP contribution in [0.1, 0.15) is 5.01 Å². The molecule has 19 heavy (non-hydrogen) atoms. The van der Waals surface area contributed by atoms with Gasteiger partial charge in [0.15, 0.2) is 5.82 Å². The predicted octanol–water partition coefficient (Wildman–Crippen LogP) is 1.89. The van der Waals surface area contributed by atoms with Crippen molar-refractivity contribution < 1.29 is 0 Å². The van der Waals surface area contributed by atoms with E-state index in [-0.39, 0.29) is 0 Å². The number of benzene rings is 1. The fourth-order valence-corrected chi connectivity index (χ4v) is 2.63. The van der Waals surface area contributed by atoms with Crippen LogP contribution in [-0.2, 0) is 6.42 Å². The highest BCUT2D eigenvalue weighted by atomic mass is 32.1. The van der Waals surface area contributed by atoms with Gasteiger partial charge in [-0.15, -0.1) is 21.5 Å². The molecule has 0 radical (unpaired) electrons. The first kappa shape index (κ1) is 12.0. The fourth-order valence-electron chi connectivity index (χ4n) is 1.84. The third-order valence-corrected chi connectivity index (χ3v) is 3.63. The van der Waals surface area contributed by atoms with Crippen molar-refractivity contribution in [2.75, 3.05) is 6.54 Å². The Bertz CT molecular complexity index is 658. The topological polar surface area (TPSA) is 69.6 Å². The van der Waals surface area contributed by atoms with Crippen molar-refractivity contribution in [1.29, 1.82) is 0 Å². The zero-order valence-corrected chi connectivity index (χ0v) is 11.0. The van der Waals surface area contributed by atoms with Gasteiger partial charge in [0.1, 0.15) is 12.0 Å². The lowest BCUT2D eigenvalue weighted by Gasteiger charge is -2.03. The highest BCUT2D eigenvalue weighted by molar-refractivity contribution is 7.09. The third-order valence-electron chi connectivity index (χ3n) is 2.72. The van der Waals surface area contributed by atoms with Gasteiger partial charge in [-0.25, -0.2) is 4.98 Å². The molecule has 2 N–H and O–H groups in total. The van der Waals surface area contributed by atoms with E-state index in [1.165, 1.54) is 0 Å². The fraction of sp³-hybridized carbons (Fsp3) is 0.154. The Hall–Kier alpha value is -2.05. The van der Waals surface area contributed by atoms with Gasteiger partial charge in [-0.3, -0.25) is 4.57 Å². The first-order valence-corrected chi connectivity index (χ1v) is 6.87. The van der Waals surface area contributed by atoms with Crippen LogP contribution < -0.4 is 5.73 Å². The average molecular weight is 271 g/mol. The molecule has 0 bridgehead atoms. The van der Waals surface area contributed by atoms with Gasteiger partial charge in [0, 0.05) is 17.5 Å². The van der Waals surface area contributed by atoms with Crippen molar-refractivity contribution >= 4 is 11.3 Å². The molecule has 2 heterocycles. The van der Waals surface area contributed by atoms with E-state index in [9.17, 15) is 0 Å². The van der Waals surface area contributed by atoms with E-state index in [4.69, 9.17) is 5.73 Å². The second-order valence-electron chi connectivity index (χ2n) is 4.03. The van der Waals surface area contributed by atoms with Crippen LogP contribution in [0.25, 0.3) is 17.2 Å². The molecular formula is C13H13N5S. The number of nitrogens with two attached hydrogens (primary N) is 1. The minimum Gasteiger partial charge on any atom is -0.330 e. The minimum absolute atomic E-state index is 0.609. The number of aromatic nitrogens is 4. The normalized spacial score (nSPS) is 10.8. The summed E-state index contributed by atoms with van der Waals surface area (Å²) in [5, 5.41) is 11.2. The highest BCUT2D eigenvalue weighted by Gasteiger charge is 2.12. The number of hydrogen-bond donors (Lipinski definition) is 1. The number of thiazole rings is 1. The Morgan fingerprint density at radius 3 is 2.84 bits per heavy atom. The highest BCUT2D eigenvalue weighted by Crippen LogP contribution is 2.22. The van der Waals surface area contributed by atoms with Crippen molar-refractivity contribution in [2.24, 2.45) is 5.73 Å². The van der Waals surface area contributed by atoms with E-state index >= 15 is 0 Å². The maximum atomic E-state index is 5.54. The summed E-state index contributed by atoms with van der Waals surface area (Å²) < 4.78 is 1.93. The summed E-state index contributed by atoms with van der Waals surface area (Å²) in [5.74, 6) is 0.755. The van der Waals surface area contributed by atoms with Crippen LogP contribution in [0.3, 0.4) is 0 Å². The summed E-state index contributed by atoms with van der Waals surface area (Å²) in [6.07, 6.45) is 2.50. The van der Waals surface area contributed by atoms with Crippen LogP contribution >= 0.6 is 11.3 Å². The molecule has 1 aromatic carbocycles. The summed E-state index contributed by atoms with van der Waals surface area (Å²) in [5.41, 5.74) is 7.41. The van der Waals surface area contributed by atoms with Gasteiger partial charge in [0.25, 0.3) is 0 Å². The van der Waals surface area contributed by atoms with Crippen LogP contribution in [0.2, 0.25) is 0 Å². The molecule has 3 aromatic rings. The largest absolute Gasteiger partial charge is 0.330 e. The monoisotopic (exact) mass is 271 g/mol. The van der Waals surface area contributed by atoms with Crippen LogP contribution in [-0.4, -0.2) is 26.3 Å². The van der Waals surface area contributed by atoms with E-state index in [1.807, 2.05) is 40.3 Å². The maximum Gasteiger partial charge on any atom is 0.187 e. The lowest BCUT2D eigenvalue weighted by molar-refractivity contribution is 0.949. The van der Waals surface area contributed by atoms with Crippen LogP contribution in [0.5, 0.6) is 0 Å². The SMILES string of the molecule is NCCc1nc(-c2nncn2-c2ccccc2)cs1. The first-order chi connectivity index (χ1) is 9.38. The molecule has 0 unspecified atom stereocenters. The van der Waals surface area contributed by atoms with Crippen LogP contribution in [0.4, 0.5) is 0 Å². The van der Waals surface area contributed by atoms with Crippen molar-refractivity contribution in [2.45, 2.75) is 6.42 Å². The van der Waals surface area contributed by atoms with E-state index in [0.717, 1.165) is 28.6 Å². The number of hydrogen-bond acceptors (Lipinski definition) is 5. The molecule has 0 aliphatic carbocycles. The Morgan fingerprint density at radius 1 is 1.21 bits per heavy atom. The van der Waals surface area contributed by atoms with Gasteiger partial charge in [-0.05, 0) is 18.7 Å². The number of rotatable bonds is 4. The van der Waals surface area contributed by atoms with Gasteiger partial charge >= 0.3 is 0 Å². The van der Waals surface area contributed by atoms with E-state index in [0.29, 0.717) is 6.54 Å². The van der Waals surface area contributed by atoms with Gasteiger partial charge in [0.05, 0.1) is 5.01 Å². The van der Waals surface area contributed by atoms with E-state index < -0.39 is 0 Å². The average Bonchev–Trinajstić information content (AvgIpc) is 3.08. The molecule has 96 valence electrons.